The lowest BCUT2D eigenvalue weighted by Crippen LogP contribution is -2.48. The van der Waals surface area contributed by atoms with Gasteiger partial charge in [-0.15, -0.1) is 0 Å². The molecule has 3 rings (SSSR count). The predicted molar refractivity (Wildman–Crippen MR) is 85.2 cm³/mol. The van der Waals surface area contributed by atoms with Gasteiger partial charge in [0.25, 0.3) is 5.88 Å². The zero-order valence-electron chi connectivity index (χ0n) is 12.6. The molecule has 1 N–H and O–H groups in total. The van der Waals surface area contributed by atoms with Crippen molar-refractivity contribution in [1.82, 2.24) is 10.3 Å². The van der Waals surface area contributed by atoms with E-state index in [9.17, 15) is 13.6 Å². The number of pyridine rings is 1. The molecule has 1 amide bonds. The third-order valence-electron chi connectivity index (χ3n) is 3.54. The van der Waals surface area contributed by atoms with Gasteiger partial charge in [0.1, 0.15) is 18.2 Å². The van der Waals surface area contributed by atoms with E-state index in [4.69, 9.17) is 16.3 Å². The van der Waals surface area contributed by atoms with E-state index in [0.717, 1.165) is 6.07 Å². The molecule has 126 valence electrons. The molecule has 0 bridgehead atoms. The van der Waals surface area contributed by atoms with Gasteiger partial charge in [-0.05, 0) is 24.3 Å². The molecule has 1 fully saturated rings. The fourth-order valence-electron chi connectivity index (χ4n) is 2.30. The van der Waals surface area contributed by atoms with Crippen LogP contribution in [0.3, 0.4) is 0 Å². The molecule has 1 saturated heterocycles. The molecule has 0 atom stereocenters. The number of amides is 1. The number of nitrogens with zero attached hydrogens (tertiary/aromatic N) is 2. The Morgan fingerprint density at radius 2 is 2.08 bits per heavy atom. The highest BCUT2D eigenvalue weighted by molar-refractivity contribution is 6.30. The third-order valence-corrected chi connectivity index (χ3v) is 3.78. The molecule has 0 unspecified atom stereocenters. The van der Waals surface area contributed by atoms with Crippen LogP contribution < -0.4 is 15.0 Å². The van der Waals surface area contributed by atoms with Crippen molar-refractivity contribution in [2.45, 2.75) is 6.61 Å². The molecule has 1 aromatic carbocycles. The summed E-state index contributed by atoms with van der Waals surface area (Å²) in [5, 5.41) is 3.20. The summed E-state index contributed by atoms with van der Waals surface area (Å²) in [6.45, 7) is 1.05. The minimum absolute atomic E-state index is 0.157. The Kier molecular flexibility index (Phi) is 4.92. The Morgan fingerprint density at radius 3 is 2.83 bits per heavy atom. The summed E-state index contributed by atoms with van der Waals surface area (Å²) in [6, 6.07) is 6.71. The number of hydrogen-bond acceptors (Lipinski definition) is 4. The van der Waals surface area contributed by atoms with Gasteiger partial charge < -0.3 is 10.1 Å². The normalized spacial score (nSPS) is 14.8. The van der Waals surface area contributed by atoms with Crippen LogP contribution >= 0.6 is 11.6 Å². The number of halogens is 3. The summed E-state index contributed by atoms with van der Waals surface area (Å²) in [6.07, 6.45) is 0. The van der Waals surface area contributed by atoms with E-state index in [1.54, 1.807) is 0 Å². The van der Waals surface area contributed by atoms with Crippen molar-refractivity contribution in [3.8, 4) is 5.88 Å². The zero-order chi connectivity index (χ0) is 17.1. The van der Waals surface area contributed by atoms with Gasteiger partial charge in [0.2, 0.25) is 5.91 Å². The third kappa shape index (κ3) is 3.63. The number of carbonyl (C=O) groups excluding carboxylic acids is 1. The Bertz CT molecular complexity index is 773. The molecule has 1 aliphatic rings. The molecule has 0 saturated carbocycles. The van der Waals surface area contributed by atoms with Crippen LogP contribution in [-0.4, -0.2) is 30.5 Å². The molecule has 5 nitrogen and oxygen atoms in total. The summed E-state index contributed by atoms with van der Waals surface area (Å²) in [5.74, 6) is -1.37. The van der Waals surface area contributed by atoms with Crippen molar-refractivity contribution in [2.24, 2.45) is 0 Å². The second kappa shape index (κ2) is 7.11. The van der Waals surface area contributed by atoms with Crippen LogP contribution in [0.2, 0.25) is 5.02 Å². The fourth-order valence-corrected chi connectivity index (χ4v) is 2.46. The van der Waals surface area contributed by atoms with Gasteiger partial charge in [-0.1, -0.05) is 17.7 Å². The smallest absolute Gasteiger partial charge is 0.252 e. The van der Waals surface area contributed by atoms with Crippen LogP contribution in [0.4, 0.5) is 14.6 Å². The standard InChI is InChI=1S/C16H14ClF2N3O2/c17-11-2-1-10(13(19)7-11)9-24-16-12(18)3-4-14(21-16)22-6-5-20-8-15(22)23/h1-4,7,20H,5-6,8-9H2. The number of hydrogen-bond donors (Lipinski definition) is 1. The van der Waals surface area contributed by atoms with Gasteiger partial charge >= 0.3 is 0 Å². The van der Waals surface area contributed by atoms with Crippen LogP contribution in [0.25, 0.3) is 0 Å². The molecule has 2 aromatic rings. The summed E-state index contributed by atoms with van der Waals surface area (Å²) in [5.41, 5.74) is 0.226. The Balaban J connectivity index is 1.77. The second-order valence-corrected chi connectivity index (χ2v) is 5.64. The molecule has 1 aliphatic heterocycles. The van der Waals surface area contributed by atoms with E-state index >= 15 is 0 Å². The molecular weight excluding hydrogens is 340 g/mol. The number of benzene rings is 1. The van der Waals surface area contributed by atoms with Gasteiger partial charge in [0.05, 0.1) is 6.54 Å². The maximum Gasteiger partial charge on any atom is 0.252 e. The Morgan fingerprint density at radius 1 is 1.25 bits per heavy atom. The zero-order valence-corrected chi connectivity index (χ0v) is 13.3. The molecule has 1 aromatic heterocycles. The minimum Gasteiger partial charge on any atom is -0.471 e. The summed E-state index contributed by atoms with van der Waals surface area (Å²) in [4.78, 5) is 17.4. The number of ether oxygens (including phenoxy) is 1. The molecule has 2 heterocycles. The summed E-state index contributed by atoms with van der Waals surface area (Å²) in [7, 11) is 0. The first-order chi connectivity index (χ1) is 11.5. The molecule has 0 radical (unpaired) electrons. The van der Waals surface area contributed by atoms with E-state index in [2.05, 4.69) is 10.3 Å². The van der Waals surface area contributed by atoms with Gasteiger partial charge in [0.15, 0.2) is 5.82 Å². The summed E-state index contributed by atoms with van der Waals surface area (Å²) < 4.78 is 32.9. The first-order valence-electron chi connectivity index (χ1n) is 7.29. The van der Waals surface area contributed by atoms with Crippen LogP contribution in [0.15, 0.2) is 30.3 Å². The lowest BCUT2D eigenvalue weighted by atomic mass is 10.2. The molecule has 0 aliphatic carbocycles. The van der Waals surface area contributed by atoms with Crippen molar-refractivity contribution >= 4 is 23.3 Å². The average molecular weight is 354 g/mol. The van der Waals surface area contributed by atoms with Crippen molar-refractivity contribution in [3.63, 3.8) is 0 Å². The second-order valence-electron chi connectivity index (χ2n) is 5.20. The molecule has 24 heavy (non-hydrogen) atoms. The van der Waals surface area contributed by atoms with Crippen LogP contribution in [0.1, 0.15) is 5.56 Å². The number of nitrogens with one attached hydrogen (secondary N) is 1. The van der Waals surface area contributed by atoms with Crippen molar-refractivity contribution in [1.29, 1.82) is 0 Å². The van der Waals surface area contributed by atoms with Crippen LogP contribution in [0, 0.1) is 11.6 Å². The van der Waals surface area contributed by atoms with E-state index < -0.39 is 11.6 Å². The number of anilines is 1. The quantitative estimate of drug-likeness (QED) is 0.917. The number of aromatic nitrogens is 1. The van der Waals surface area contributed by atoms with E-state index in [1.807, 2.05) is 0 Å². The molecule has 8 heteroatoms. The maximum atomic E-state index is 13.9. The fraction of sp³-hybridized carbons (Fsp3) is 0.250. The van der Waals surface area contributed by atoms with Crippen LogP contribution in [0.5, 0.6) is 5.88 Å². The van der Waals surface area contributed by atoms with Crippen LogP contribution in [-0.2, 0) is 11.4 Å². The van der Waals surface area contributed by atoms with E-state index in [0.29, 0.717) is 18.9 Å². The van der Waals surface area contributed by atoms with Crippen molar-refractivity contribution in [3.05, 3.63) is 52.6 Å². The van der Waals surface area contributed by atoms with Gasteiger partial charge in [-0.2, -0.15) is 4.98 Å². The number of rotatable bonds is 4. The Hall–Kier alpha value is -2.25. The molecular formula is C16H14ClF2N3O2. The topological polar surface area (TPSA) is 54.5 Å². The number of carbonyl (C=O) groups is 1. The first kappa shape index (κ1) is 16.6. The number of piperazine rings is 1. The lowest BCUT2D eigenvalue weighted by Gasteiger charge is -2.26. The monoisotopic (exact) mass is 353 g/mol. The largest absolute Gasteiger partial charge is 0.471 e. The average Bonchev–Trinajstić information content (AvgIpc) is 2.56. The highest BCUT2D eigenvalue weighted by Gasteiger charge is 2.21. The van der Waals surface area contributed by atoms with Gasteiger partial charge in [-0.25, -0.2) is 8.78 Å². The van der Waals surface area contributed by atoms with Crippen molar-refractivity contribution in [2.75, 3.05) is 24.5 Å². The lowest BCUT2D eigenvalue weighted by molar-refractivity contribution is -0.118. The van der Waals surface area contributed by atoms with Gasteiger partial charge in [-0.3, -0.25) is 9.69 Å². The van der Waals surface area contributed by atoms with Gasteiger partial charge in [0, 0.05) is 23.7 Å². The SMILES string of the molecule is O=C1CNCCN1c1ccc(F)c(OCc2ccc(Cl)cc2F)n1. The minimum atomic E-state index is -0.685. The van der Waals surface area contributed by atoms with E-state index in [-0.39, 0.29) is 35.5 Å². The highest BCUT2D eigenvalue weighted by atomic mass is 35.5. The van der Waals surface area contributed by atoms with E-state index in [1.165, 1.54) is 29.2 Å². The summed E-state index contributed by atoms with van der Waals surface area (Å²) >= 11 is 5.68. The van der Waals surface area contributed by atoms with Crippen molar-refractivity contribution < 1.29 is 18.3 Å². The Labute approximate surface area is 142 Å². The highest BCUT2D eigenvalue weighted by Crippen LogP contribution is 2.22. The molecule has 0 spiro atoms. The predicted octanol–water partition coefficient (Wildman–Crippen LogP) is 2.53. The maximum absolute atomic E-state index is 13.9. The first-order valence-corrected chi connectivity index (χ1v) is 7.67.